The van der Waals surface area contributed by atoms with E-state index in [1.54, 1.807) is 4.90 Å². The highest BCUT2D eigenvalue weighted by Gasteiger charge is 2.28. The summed E-state index contributed by atoms with van der Waals surface area (Å²) in [5, 5.41) is 14.8. The summed E-state index contributed by atoms with van der Waals surface area (Å²) in [4.78, 5) is 36.4. The SMILES string of the molecule is O=C(NCCCCCC(=O)N1CCOC(C(=O)O)C1)NC1CCCCC1. The van der Waals surface area contributed by atoms with Gasteiger partial charge in [0.05, 0.1) is 13.2 Å². The smallest absolute Gasteiger partial charge is 0.334 e. The second kappa shape index (κ2) is 11.0. The number of nitrogens with one attached hydrogen (secondary N) is 2. The van der Waals surface area contributed by atoms with E-state index >= 15 is 0 Å². The summed E-state index contributed by atoms with van der Waals surface area (Å²) in [6.45, 7) is 1.44. The number of aliphatic carboxylic acids is 1. The van der Waals surface area contributed by atoms with Crippen molar-refractivity contribution in [1.82, 2.24) is 15.5 Å². The van der Waals surface area contributed by atoms with Gasteiger partial charge in [-0.3, -0.25) is 4.79 Å². The highest BCUT2D eigenvalue weighted by molar-refractivity contribution is 5.78. The van der Waals surface area contributed by atoms with Gasteiger partial charge in [-0.25, -0.2) is 9.59 Å². The molecule has 1 saturated carbocycles. The van der Waals surface area contributed by atoms with Crippen molar-refractivity contribution in [2.45, 2.75) is 69.9 Å². The molecule has 0 aromatic heterocycles. The van der Waals surface area contributed by atoms with Crippen LogP contribution in [0.5, 0.6) is 0 Å². The second-order valence-corrected chi connectivity index (χ2v) is 7.08. The molecular weight excluding hydrogens is 338 g/mol. The van der Waals surface area contributed by atoms with Crippen molar-refractivity contribution in [3.63, 3.8) is 0 Å². The van der Waals surface area contributed by atoms with E-state index in [4.69, 9.17) is 9.84 Å². The molecule has 2 aliphatic rings. The van der Waals surface area contributed by atoms with E-state index in [-0.39, 0.29) is 25.1 Å². The third-order valence-electron chi connectivity index (χ3n) is 4.99. The lowest BCUT2D eigenvalue weighted by Crippen LogP contribution is -2.48. The van der Waals surface area contributed by atoms with Crippen LogP contribution in [0, 0.1) is 0 Å². The highest BCUT2D eigenvalue weighted by Crippen LogP contribution is 2.17. The summed E-state index contributed by atoms with van der Waals surface area (Å²) in [6, 6.07) is 0.213. The standard InChI is InChI=1S/C18H31N3O5/c22-16(21-11-12-26-15(13-21)17(23)24)9-5-2-6-10-19-18(25)20-14-7-3-1-4-8-14/h14-15H,1-13H2,(H,23,24)(H2,19,20,25). The van der Waals surface area contributed by atoms with Gasteiger partial charge in [0.2, 0.25) is 5.91 Å². The summed E-state index contributed by atoms with van der Waals surface area (Å²) in [5.41, 5.74) is 0. The summed E-state index contributed by atoms with van der Waals surface area (Å²) < 4.78 is 5.11. The van der Waals surface area contributed by atoms with E-state index < -0.39 is 12.1 Å². The van der Waals surface area contributed by atoms with Crippen LogP contribution in [0.3, 0.4) is 0 Å². The number of carboxylic acids is 1. The van der Waals surface area contributed by atoms with Crippen LogP contribution in [0.25, 0.3) is 0 Å². The van der Waals surface area contributed by atoms with E-state index in [1.807, 2.05) is 0 Å². The Labute approximate surface area is 154 Å². The molecule has 3 amide bonds. The van der Waals surface area contributed by atoms with Crippen molar-refractivity contribution in [2.75, 3.05) is 26.2 Å². The molecule has 1 atom stereocenters. The Hall–Kier alpha value is -1.83. The molecule has 2 fully saturated rings. The summed E-state index contributed by atoms with van der Waals surface area (Å²) in [6.07, 6.45) is 7.68. The molecule has 0 aromatic rings. The van der Waals surface area contributed by atoms with Crippen LogP contribution in [0.2, 0.25) is 0 Å². The fourth-order valence-corrected chi connectivity index (χ4v) is 3.45. The molecule has 1 unspecified atom stereocenters. The Balaban J connectivity index is 1.50. The van der Waals surface area contributed by atoms with Gasteiger partial charge in [-0.1, -0.05) is 25.7 Å². The molecule has 148 valence electrons. The Kier molecular flexibility index (Phi) is 8.67. The van der Waals surface area contributed by atoms with Crippen molar-refractivity contribution < 1.29 is 24.2 Å². The molecular formula is C18H31N3O5. The number of carbonyl (C=O) groups is 3. The maximum absolute atomic E-state index is 12.1. The molecule has 3 N–H and O–H groups in total. The summed E-state index contributed by atoms with van der Waals surface area (Å²) in [5.74, 6) is -1.05. The monoisotopic (exact) mass is 369 g/mol. The van der Waals surface area contributed by atoms with Crippen LogP contribution < -0.4 is 10.6 Å². The number of carboxylic acid groups (broad SMARTS) is 1. The third kappa shape index (κ3) is 7.19. The predicted octanol–water partition coefficient (Wildman–Crippen LogP) is 1.49. The number of morpholine rings is 1. The minimum absolute atomic E-state index is 0.0254. The Morgan fingerprint density at radius 2 is 1.85 bits per heavy atom. The minimum atomic E-state index is -1.03. The number of carbonyl (C=O) groups excluding carboxylic acids is 2. The van der Waals surface area contributed by atoms with Crippen molar-refractivity contribution in [1.29, 1.82) is 0 Å². The first kappa shape index (κ1) is 20.5. The van der Waals surface area contributed by atoms with E-state index in [1.165, 1.54) is 19.3 Å². The largest absolute Gasteiger partial charge is 0.479 e. The number of nitrogens with zero attached hydrogens (tertiary/aromatic N) is 1. The van der Waals surface area contributed by atoms with Crippen molar-refractivity contribution >= 4 is 17.9 Å². The molecule has 8 nitrogen and oxygen atoms in total. The molecule has 26 heavy (non-hydrogen) atoms. The molecule has 1 aliphatic heterocycles. The minimum Gasteiger partial charge on any atom is -0.479 e. The van der Waals surface area contributed by atoms with Crippen molar-refractivity contribution in [3.8, 4) is 0 Å². The van der Waals surface area contributed by atoms with Gasteiger partial charge in [-0.05, 0) is 25.7 Å². The Morgan fingerprint density at radius 3 is 2.58 bits per heavy atom. The van der Waals surface area contributed by atoms with E-state index in [0.717, 1.165) is 32.1 Å². The number of hydrogen-bond donors (Lipinski definition) is 3. The lowest BCUT2D eigenvalue weighted by atomic mass is 9.96. The number of rotatable bonds is 8. The van der Waals surface area contributed by atoms with Crippen LogP contribution in [0.1, 0.15) is 57.8 Å². The maximum atomic E-state index is 12.1. The molecule has 0 aromatic carbocycles. The third-order valence-corrected chi connectivity index (χ3v) is 4.99. The molecule has 0 bridgehead atoms. The summed E-state index contributed by atoms with van der Waals surface area (Å²) >= 11 is 0. The van der Waals surface area contributed by atoms with E-state index in [2.05, 4.69) is 10.6 Å². The van der Waals surface area contributed by atoms with Crippen molar-refractivity contribution in [2.24, 2.45) is 0 Å². The van der Waals surface area contributed by atoms with Crippen LogP contribution in [0.4, 0.5) is 4.79 Å². The Morgan fingerprint density at radius 1 is 1.08 bits per heavy atom. The van der Waals surface area contributed by atoms with Gasteiger partial charge in [-0.15, -0.1) is 0 Å². The number of urea groups is 1. The highest BCUT2D eigenvalue weighted by atomic mass is 16.5. The average Bonchev–Trinajstić information content (AvgIpc) is 2.65. The van der Waals surface area contributed by atoms with Crippen LogP contribution in [-0.4, -0.2) is 66.3 Å². The summed E-state index contributed by atoms with van der Waals surface area (Å²) in [7, 11) is 0. The average molecular weight is 369 g/mol. The molecule has 0 radical (unpaired) electrons. The van der Waals surface area contributed by atoms with Crippen LogP contribution >= 0.6 is 0 Å². The fraction of sp³-hybridized carbons (Fsp3) is 0.833. The van der Waals surface area contributed by atoms with Crippen LogP contribution in [0.15, 0.2) is 0 Å². The van der Waals surface area contributed by atoms with Gasteiger partial charge in [0.15, 0.2) is 6.10 Å². The fourth-order valence-electron chi connectivity index (χ4n) is 3.45. The van der Waals surface area contributed by atoms with Gasteiger partial charge < -0.3 is 25.4 Å². The van der Waals surface area contributed by atoms with Crippen LogP contribution in [-0.2, 0) is 14.3 Å². The molecule has 1 heterocycles. The molecule has 1 saturated heterocycles. The van der Waals surface area contributed by atoms with Crippen molar-refractivity contribution in [3.05, 3.63) is 0 Å². The lowest BCUT2D eigenvalue weighted by molar-refractivity contribution is -0.159. The number of hydrogen-bond acceptors (Lipinski definition) is 4. The number of unbranched alkanes of at least 4 members (excludes halogenated alkanes) is 2. The lowest BCUT2D eigenvalue weighted by Gasteiger charge is -2.30. The zero-order chi connectivity index (χ0) is 18.8. The number of amides is 3. The normalized spacial score (nSPS) is 21.2. The predicted molar refractivity (Wildman–Crippen MR) is 95.8 cm³/mol. The zero-order valence-electron chi connectivity index (χ0n) is 15.4. The molecule has 2 rings (SSSR count). The first-order chi connectivity index (χ1) is 12.6. The van der Waals surface area contributed by atoms with Gasteiger partial charge in [0.1, 0.15) is 0 Å². The zero-order valence-corrected chi connectivity index (χ0v) is 15.4. The van der Waals surface area contributed by atoms with Gasteiger partial charge in [-0.2, -0.15) is 0 Å². The van der Waals surface area contributed by atoms with E-state index in [0.29, 0.717) is 25.6 Å². The van der Waals surface area contributed by atoms with E-state index in [9.17, 15) is 14.4 Å². The molecule has 1 aliphatic carbocycles. The second-order valence-electron chi connectivity index (χ2n) is 7.08. The van der Waals surface area contributed by atoms with Gasteiger partial charge >= 0.3 is 12.0 Å². The first-order valence-electron chi connectivity index (χ1n) is 9.73. The van der Waals surface area contributed by atoms with Gasteiger partial charge in [0, 0.05) is 25.6 Å². The molecule has 0 spiro atoms. The first-order valence-corrected chi connectivity index (χ1v) is 9.73. The molecule has 8 heteroatoms. The quantitative estimate of drug-likeness (QED) is 0.562. The van der Waals surface area contributed by atoms with Gasteiger partial charge in [0.25, 0.3) is 0 Å². The Bertz CT molecular complexity index is 479. The maximum Gasteiger partial charge on any atom is 0.334 e. The number of ether oxygens (including phenoxy) is 1. The topological polar surface area (TPSA) is 108 Å².